The van der Waals surface area contributed by atoms with Gasteiger partial charge in [-0.25, -0.2) is 8.42 Å². The molecule has 202 valence electrons. The Morgan fingerprint density at radius 2 is 1.58 bits per heavy atom. The van der Waals surface area contributed by atoms with Gasteiger partial charge in [0.15, 0.2) is 0 Å². The molecule has 3 rings (SSSR count). The van der Waals surface area contributed by atoms with E-state index in [9.17, 15) is 18.0 Å². The number of sulfonamides is 1. The Morgan fingerprint density at radius 3 is 2.16 bits per heavy atom. The first-order valence-electron chi connectivity index (χ1n) is 12.2. The predicted octanol–water partition coefficient (Wildman–Crippen LogP) is 4.49. The third kappa shape index (κ3) is 6.85. The van der Waals surface area contributed by atoms with Crippen molar-refractivity contribution in [3.05, 3.63) is 89.4 Å². The third-order valence-electron chi connectivity index (χ3n) is 6.01. The zero-order chi connectivity index (χ0) is 27.7. The predicted molar refractivity (Wildman–Crippen MR) is 149 cm³/mol. The average Bonchev–Trinajstić information content (AvgIpc) is 2.93. The Bertz CT molecular complexity index is 1330. The Balaban J connectivity index is 2.06. The summed E-state index contributed by atoms with van der Waals surface area (Å²) >= 11 is 6.39. The molecular formula is C28H32ClN3O5S. The Morgan fingerprint density at radius 1 is 0.947 bits per heavy atom. The number of halogens is 1. The highest BCUT2D eigenvalue weighted by atomic mass is 35.5. The summed E-state index contributed by atoms with van der Waals surface area (Å²) in [5.41, 5.74) is 0.930. The summed E-state index contributed by atoms with van der Waals surface area (Å²) in [5.74, 6) is -0.324. The number of nitrogens with one attached hydrogen (secondary N) is 1. The molecule has 3 aromatic rings. The van der Waals surface area contributed by atoms with Crippen LogP contribution in [-0.4, -0.2) is 51.4 Å². The van der Waals surface area contributed by atoms with E-state index < -0.39 is 28.5 Å². The minimum Gasteiger partial charge on any atom is -0.497 e. The van der Waals surface area contributed by atoms with Gasteiger partial charge in [-0.05, 0) is 61.4 Å². The lowest BCUT2D eigenvalue weighted by Gasteiger charge is -2.33. The smallest absolute Gasteiger partial charge is 0.264 e. The number of carbonyl (C=O) groups is 2. The molecule has 0 aromatic heterocycles. The van der Waals surface area contributed by atoms with Crippen LogP contribution in [0.15, 0.2) is 83.8 Å². The first kappa shape index (κ1) is 29.0. The Labute approximate surface area is 229 Å². The van der Waals surface area contributed by atoms with Gasteiger partial charge in [0, 0.05) is 18.1 Å². The van der Waals surface area contributed by atoms with Crippen molar-refractivity contribution in [3.63, 3.8) is 0 Å². The molecule has 2 amide bonds. The van der Waals surface area contributed by atoms with Gasteiger partial charge in [0.2, 0.25) is 11.8 Å². The number of rotatable bonds is 12. The summed E-state index contributed by atoms with van der Waals surface area (Å²) < 4.78 is 33.8. The van der Waals surface area contributed by atoms with E-state index in [2.05, 4.69) is 5.32 Å². The summed E-state index contributed by atoms with van der Waals surface area (Å²) in [4.78, 5) is 28.3. The summed E-state index contributed by atoms with van der Waals surface area (Å²) in [6.07, 6.45) is 0.329. The van der Waals surface area contributed by atoms with E-state index in [1.54, 1.807) is 80.6 Å². The van der Waals surface area contributed by atoms with Crippen molar-refractivity contribution in [2.75, 3.05) is 24.5 Å². The SMILES string of the molecule is CCNC(=O)[C@@H](CC)N(Cc1ccccc1Cl)C(=O)CN(c1ccc(OC)cc1)S(=O)(=O)c1ccccc1. The minimum absolute atomic E-state index is 0.0377. The van der Waals surface area contributed by atoms with E-state index >= 15 is 0 Å². The van der Waals surface area contributed by atoms with E-state index in [-0.39, 0.29) is 23.0 Å². The van der Waals surface area contributed by atoms with Crippen molar-refractivity contribution in [3.8, 4) is 5.75 Å². The van der Waals surface area contributed by atoms with Gasteiger partial charge < -0.3 is 15.0 Å². The van der Waals surface area contributed by atoms with Gasteiger partial charge in [0.25, 0.3) is 10.0 Å². The molecule has 0 aliphatic carbocycles. The minimum atomic E-state index is -4.13. The van der Waals surface area contributed by atoms with Crippen LogP contribution in [0.4, 0.5) is 5.69 Å². The Kier molecular flexibility index (Phi) is 10.2. The van der Waals surface area contributed by atoms with Gasteiger partial charge in [-0.1, -0.05) is 54.9 Å². The molecule has 8 nitrogen and oxygen atoms in total. The molecule has 0 radical (unpaired) electrons. The van der Waals surface area contributed by atoms with Crippen LogP contribution >= 0.6 is 11.6 Å². The zero-order valence-corrected chi connectivity index (χ0v) is 23.2. The van der Waals surface area contributed by atoms with Crippen LogP contribution in [0.3, 0.4) is 0 Å². The van der Waals surface area contributed by atoms with Crippen LogP contribution in [-0.2, 0) is 26.2 Å². The zero-order valence-electron chi connectivity index (χ0n) is 21.6. The topological polar surface area (TPSA) is 96.0 Å². The van der Waals surface area contributed by atoms with Crippen molar-refractivity contribution in [2.24, 2.45) is 0 Å². The summed E-state index contributed by atoms with van der Waals surface area (Å²) in [7, 11) is -2.62. The van der Waals surface area contributed by atoms with Crippen molar-refractivity contribution < 1.29 is 22.7 Å². The molecule has 0 saturated heterocycles. The highest BCUT2D eigenvalue weighted by molar-refractivity contribution is 7.92. The highest BCUT2D eigenvalue weighted by Crippen LogP contribution is 2.27. The molecule has 3 aromatic carbocycles. The van der Waals surface area contributed by atoms with E-state index in [0.29, 0.717) is 29.3 Å². The number of methoxy groups -OCH3 is 1. The fraction of sp³-hybridized carbons (Fsp3) is 0.286. The van der Waals surface area contributed by atoms with Crippen molar-refractivity contribution in [1.82, 2.24) is 10.2 Å². The van der Waals surface area contributed by atoms with Crippen LogP contribution in [0.1, 0.15) is 25.8 Å². The van der Waals surface area contributed by atoms with Gasteiger partial charge in [0.05, 0.1) is 17.7 Å². The Hall–Kier alpha value is -3.56. The maximum atomic E-state index is 13.9. The quantitative estimate of drug-likeness (QED) is 0.354. The van der Waals surface area contributed by atoms with Gasteiger partial charge in [-0.3, -0.25) is 13.9 Å². The van der Waals surface area contributed by atoms with Gasteiger partial charge >= 0.3 is 0 Å². The van der Waals surface area contributed by atoms with Crippen molar-refractivity contribution in [2.45, 2.75) is 37.8 Å². The largest absolute Gasteiger partial charge is 0.497 e. The number of ether oxygens (including phenoxy) is 1. The van der Waals surface area contributed by atoms with E-state index in [1.807, 2.05) is 0 Å². The standard InChI is InChI=1S/C28H32ClN3O5S/c1-4-26(28(34)30-5-2)31(19-21-11-9-10-14-25(21)29)27(33)20-32(22-15-17-23(37-3)18-16-22)38(35,36)24-12-7-6-8-13-24/h6-18,26H,4-5,19-20H2,1-3H3,(H,30,34)/t26-/m1/s1. The number of carbonyl (C=O) groups excluding carboxylic acids is 2. The molecule has 0 bridgehead atoms. The van der Waals surface area contributed by atoms with Crippen LogP contribution in [0, 0.1) is 0 Å². The summed E-state index contributed by atoms with van der Waals surface area (Å²) in [6.45, 7) is 3.50. The molecule has 38 heavy (non-hydrogen) atoms. The van der Waals surface area contributed by atoms with Crippen LogP contribution < -0.4 is 14.4 Å². The first-order chi connectivity index (χ1) is 18.2. The number of likely N-dealkylation sites (N-methyl/N-ethyl adjacent to an activating group) is 1. The van der Waals surface area contributed by atoms with Crippen molar-refractivity contribution in [1.29, 1.82) is 0 Å². The number of amides is 2. The molecule has 0 unspecified atom stereocenters. The third-order valence-corrected chi connectivity index (χ3v) is 8.16. The van der Waals surface area contributed by atoms with Gasteiger partial charge in [-0.2, -0.15) is 0 Å². The number of anilines is 1. The molecule has 0 saturated carbocycles. The van der Waals surface area contributed by atoms with Gasteiger partial charge in [-0.15, -0.1) is 0 Å². The molecule has 1 N–H and O–H groups in total. The number of nitrogens with zero attached hydrogens (tertiary/aromatic N) is 2. The maximum Gasteiger partial charge on any atom is 0.264 e. The lowest BCUT2D eigenvalue weighted by molar-refractivity contribution is -0.140. The molecule has 10 heteroatoms. The van der Waals surface area contributed by atoms with Crippen LogP contribution in [0.2, 0.25) is 5.02 Å². The maximum absolute atomic E-state index is 13.9. The fourth-order valence-electron chi connectivity index (χ4n) is 4.02. The first-order valence-corrected chi connectivity index (χ1v) is 14.1. The number of hydrogen-bond acceptors (Lipinski definition) is 5. The average molecular weight is 558 g/mol. The molecule has 0 heterocycles. The van der Waals surface area contributed by atoms with Crippen molar-refractivity contribution >= 4 is 39.1 Å². The van der Waals surface area contributed by atoms with E-state index in [1.165, 1.54) is 24.1 Å². The lowest BCUT2D eigenvalue weighted by atomic mass is 10.1. The molecule has 0 spiro atoms. The fourth-order valence-corrected chi connectivity index (χ4v) is 5.65. The van der Waals surface area contributed by atoms with E-state index in [4.69, 9.17) is 16.3 Å². The monoisotopic (exact) mass is 557 g/mol. The molecular weight excluding hydrogens is 526 g/mol. The second-order valence-corrected chi connectivity index (χ2v) is 10.7. The second kappa shape index (κ2) is 13.3. The highest BCUT2D eigenvalue weighted by Gasteiger charge is 2.33. The second-order valence-electron chi connectivity index (χ2n) is 8.45. The molecule has 0 aliphatic heterocycles. The number of benzene rings is 3. The molecule has 0 fully saturated rings. The molecule has 0 aliphatic rings. The lowest BCUT2D eigenvalue weighted by Crippen LogP contribution is -2.52. The number of hydrogen-bond donors (Lipinski definition) is 1. The summed E-state index contributed by atoms with van der Waals surface area (Å²) in [6, 6.07) is 20.5. The normalized spacial score (nSPS) is 11.9. The van der Waals surface area contributed by atoms with E-state index in [0.717, 1.165) is 4.31 Å². The van der Waals surface area contributed by atoms with Crippen LogP contribution in [0.25, 0.3) is 0 Å². The van der Waals surface area contributed by atoms with Crippen LogP contribution in [0.5, 0.6) is 5.75 Å². The summed E-state index contributed by atoms with van der Waals surface area (Å²) in [5, 5.41) is 3.22. The molecule has 1 atom stereocenters. The van der Waals surface area contributed by atoms with Gasteiger partial charge in [0.1, 0.15) is 18.3 Å².